The van der Waals surface area contributed by atoms with E-state index in [-0.39, 0.29) is 6.04 Å². The normalized spacial score (nSPS) is 12.8. The average molecular weight is 360 g/mol. The minimum atomic E-state index is -0.903. The van der Waals surface area contributed by atoms with Crippen molar-refractivity contribution in [2.75, 3.05) is 7.11 Å². The monoisotopic (exact) mass is 358 g/mol. The Hall–Kier alpha value is -1.04. The van der Waals surface area contributed by atoms with Crippen molar-refractivity contribution in [2.24, 2.45) is 0 Å². The predicted octanol–water partition coefficient (Wildman–Crippen LogP) is 3.97. The summed E-state index contributed by atoms with van der Waals surface area (Å²) in [6, 6.07) is 5.55. The number of aliphatic hydroxyl groups is 1. The molecule has 1 N–H and O–H groups in total. The molecule has 4 nitrogen and oxygen atoms in total. The van der Waals surface area contributed by atoms with Crippen LogP contribution in [0.2, 0.25) is 5.02 Å². The van der Waals surface area contributed by atoms with E-state index >= 15 is 0 Å². The van der Waals surface area contributed by atoms with Gasteiger partial charge < -0.3 is 9.84 Å². The van der Waals surface area contributed by atoms with Crippen molar-refractivity contribution in [3.05, 3.63) is 45.1 Å². The highest BCUT2D eigenvalue weighted by Crippen LogP contribution is 2.37. The summed E-state index contributed by atoms with van der Waals surface area (Å²) in [7, 11) is 1.56. The van der Waals surface area contributed by atoms with Gasteiger partial charge in [-0.1, -0.05) is 23.7 Å². The van der Waals surface area contributed by atoms with Crippen LogP contribution < -0.4 is 4.74 Å². The fraction of sp³-hybridized carbons (Fsp3) is 0.357. The maximum absolute atomic E-state index is 10.7. The molecule has 2 rings (SSSR count). The lowest BCUT2D eigenvalue weighted by molar-refractivity contribution is 0.199. The van der Waals surface area contributed by atoms with Crippen molar-refractivity contribution in [1.82, 2.24) is 9.78 Å². The van der Waals surface area contributed by atoms with Crippen molar-refractivity contribution in [2.45, 2.75) is 26.0 Å². The number of halogens is 2. The molecular weight excluding hydrogens is 344 g/mol. The van der Waals surface area contributed by atoms with E-state index in [0.717, 1.165) is 4.47 Å². The van der Waals surface area contributed by atoms with Crippen LogP contribution in [0.15, 0.2) is 28.9 Å². The molecule has 0 bridgehead atoms. The maximum Gasteiger partial charge on any atom is 0.163 e. The zero-order valence-corrected chi connectivity index (χ0v) is 13.8. The van der Waals surface area contributed by atoms with Crippen LogP contribution in [0.3, 0.4) is 0 Å². The standard InChI is InChI=1S/C14H16BrClN2O2/c1-8(2)18-13(11(20-3)7-17-18)14(19)9-5-4-6-10(15)12(9)16/h4-8,14,19H,1-3H3. The predicted molar refractivity (Wildman–Crippen MR) is 82.4 cm³/mol. The Labute approximate surface area is 131 Å². The van der Waals surface area contributed by atoms with E-state index in [1.807, 2.05) is 26.0 Å². The highest BCUT2D eigenvalue weighted by atomic mass is 79.9. The van der Waals surface area contributed by atoms with Crippen LogP contribution in [0.25, 0.3) is 0 Å². The molecule has 1 unspecified atom stereocenters. The van der Waals surface area contributed by atoms with Crippen LogP contribution in [0, 0.1) is 0 Å². The summed E-state index contributed by atoms with van der Waals surface area (Å²) in [6.07, 6.45) is 0.699. The minimum absolute atomic E-state index is 0.106. The number of hydrogen-bond donors (Lipinski definition) is 1. The quantitative estimate of drug-likeness (QED) is 0.898. The Morgan fingerprint density at radius 2 is 2.10 bits per heavy atom. The zero-order valence-electron chi connectivity index (χ0n) is 11.5. The van der Waals surface area contributed by atoms with Gasteiger partial charge in [-0.3, -0.25) is 4.68 Å². The fourth-order valence-corrected chi connectivity index (χ4v) is 2.67. The maximum atomic E-state index is 10.7. The minimum Gasteiger partial charge on any atom is -0.493 e. The number of ether oxygens (including phenoxy) is 1. The molecule has 0 aliphatic carbocycles. The van der Waals surface area contributed by atoms with E-state index in [1.54, 1.807) is 24.1 Å². The van der Waals surface area contributed by atoms with Crippen LogP contribution in [-0.4, -0.2) is 22.0 Å². The average Bonchev–Trinajstić information content (AvgIpc) is 2.85. The van der Waals surface area contributed by atoms with Crippen molar-refractivity contribution in [3.8, 4) is 5.75 Å². The Bertz CT molecular complexity index is 613. The van der Waals surface area contributed by atoms with Gasteiger partial charge in [0.15, 0.2) is 5.75 Å². The van der Waals surface area contributed by atoms with Gasteiger partial charge in [0.25, 0.3) is 0 Å². The molecule has 1 atom stereocenters. The van der Waals surface area contributed by atoms with Crippen molar-refractivity contribution >= 4 is 27.5 Å². The van der Waals surface area contributed by atoms with Crippen LogP contribution in [0.4, 0.5) is 0 Å². The second-order valence-electron chi connectivity index (χ2n) is 4.68. The van der Waals surface area contributed by atoms with E-state index in [9.17, 15) is 5.11 Å². The molecule has 0 fully saturated rings. The van der Waals surface area contributed by atoms with Crippen LogP contribution in [0.1, 0.15) is 37.3 Å². The number of aliphatic hydroxyl groups excluding tert-OH is 1. The molecule has 6 heteroatoms. The summed E-state index contributed by atoms with van der Waals surface area (Å²) in [5.74, 6) is 0.544. The first-order chi connectivity index (χ1) is 9.47. The molecule has 0 aliphatic heterocycles. The molecule has 1 heterocycles. The Morgan fingerprint density at radius 3 is 2.70 bits per heavy atom. The van der Waals surface area contributed by atoms with Gasteiger partial charge >= 0.3 is 0 Å². The smallest absolute Gasteiger partial charge is 0.163 e. The van der Waals surface area contributed by atoms with Gasteiger partial charge in [0.2, 0.25) is 0 Å². The van der Waals surface area contributed by atoms with Crippen molar-refractivity contribution < 1.29 is 9.84 Å². The third kappa shape index (κ3) is 2.71. The van der Waals surface area contributed by atoms with E-state index in [2.05, 4.69) is 21.0 Å². The van der Waals surface area contributed by atoms with Gasteiger partial charge in [-0.15, -0.1) is 0 Å². The highest BCUT2D eigenvalue weighted by molar-refractivity contribution is 9.10. The van der Waals surface area contributed by atoms with Crippen LogP contribution in [0.5, 0.6) is 5.75 Å². The highest BCUT2D eigenvalue weighted by Gasteiger charge is 2.25. The van der Waals surface area contributed by atoms with Gasteiger partial charge in [0.1, 0.15) is 11.8 Å². The second kappa shape index (κ2) is 6.16. The first kappa shape index (κ1) is 15.4. The van der Waals surface area contributed by atoms with E-state index in [1.165, 1.54) is 0 Å². The molecular formula is C14H16BrClN2O2. The van der Waals surface area contributed by atoms with Gasteiger partial charge in [0, 0.05) is 16.1 Å². The van der Waals surface area contributed by atoms with Crippen molar-refractivity contribution in [1.29, 1.82) is 0 Å². The summed E-state index contributed by atoms with van der Waals surface area (Å²) in [4.78, 5) is 0. The number of nitrogens with zero attached hydrogens (tertiary/aromatic N) is 2. The summed E-state index contributed by atoms with van der Waals surface area (Å²) in [5.41, 5.74) is 1.21. The molecule has 20 heavy (non-hydrogen) atoms. The molecule has 1 aromatic carbocycles. The summed E-state index contributed by atoms with van der Waals surface area (Å²) < 4.78 is 7.77. The lowest BCUT2D eigenvalue weighted by Crippen LogP contribution is -2.13. The lowest BCUT2D eigenvalue weighted by Gasteiger charge is -2.18. The van der Waals surface area contributed by atoms with Gasteiger partial charge in [-0.25, -0.2) is 0 Å². The molecule has 0 saturated heterocycles. The number of rotatable bonds is 4. The first-order valence-electron chi connectivity index (χ1n) is 6.20. The van der Waals surface area contributed by atoms with Crippen LogP contribution in [-0.2, 0) is 0 Å². The third-order valence-corrected chi connectivity index (χ3v) is 4.35. The third-order valence-electron chi connectivity index (χ3n) is 3.04. The number of benzene rings is 1. The summed E-state index contributed by atoms with van der Waals surface area (Å²) in [6.45, 7) is 3.98. The van der Waals surface area contributed by atoms with E-state index in [0.29, 0.717) is 22.0 Å². The molecule has 1 aromatic heterocycles. The Kier molecular flexibility index (Phi) is 4.73. The summed E-state index contributed by atoms with van der Waals surface area (Å²) >= 11 is 9.62. The van der Waals surface area contributed by atoms with Crippen LogP contribution >= 0.6 is 27.5 Å². The first-order valence-corrected chi connectivity index (χ1v) is 7.37. The fourth-order valence-electron chi connectivity index (χ4n) is 2.06. The largest absolute Gasteiger partial charge is 0.493 e. The molecule has 0 spiro atoms. The lowest BCUT2D eigenvalue weighted by atomic mass is 10.1. The van der Waals surface area contributed by atoms with E-state index < -0.39 is 6.10 Å². The molecule has 108 valence electrons. The molecule has 2 aromatic rings. The Balaban J connectivity index is 2.55. The van der Waals surface area contributed by atoms with Gasteiger partial charge in [-0.2, -0.15) is 5.10 Å². The molecule has 0 aliphatic rings. The molecule has 0 amide bonds. The van der Waals surface area contributed by atoms with Gasteiger partial charge in [0.05, 0.1) is 18.3 Å². The zero-order chi connectivity index (χ0) is 14.9. The molecule has 0 radical (unpaired) electrons. The molecule has 0 saturated carbocycles. The Morgan fingerprint density at radius 1 is 1.40 bits per heavy atom. The SMILES string of the molecule is COc1cnn(C(C)C)c1C(O)c1cccc(Br)c1Cl. The van der Waals surface area contributed by atoms with E-state index in [4.69, 9.17) is 16.3 Å². The number of hydrogen-bond acceptors (Lipinski definition) is 3. The number of methoxy groups -OCH3 is 1. The second-order valence-corrected chi connectivity index (χ2v) is 5.91. The van der Waals surface area contributed by atoms with Crippen molar-refractivity contribution in [3.63, 3.8) is 0 Å². The number of aromatic nitrogens is 2. The topological polar surface area (TPSA) is 47.3 Å². The van der Waals surface area contributed by atoms with Gasteiger partial charge in [-0.05, 0) is 35.8 Å². The summed E-state index contributed by atoms with van der Waals surface area (Å²) in [5, 5.41) is 15.4.